The Morgan fingerprint density at radius 1 is 1.22 bits per heavy atom. The highest BCUT2D eigenvalue weighted by molar-refractivity contribution is 7.71. The number of nitrogens with zero attached hydrogens (tertiary/aromatic N) is 5. The van der Waals surface area contributed by atoms with Crippen molar-refractivity contribution in [2.75, 3.05) is 14.2 Å². The molecule has 0 spiro atoms. The van der Waals surface area contributed by atoms with Crippen molar-refractivity contribution in [3.05, 3.63) is 58.1 Å². The molecule has 0 unspecified atom stereocenters. The largest absolute Gasteiger partial charge is 0.496 e. The topological polar surface area (TPSA) is 48.1 Å². The number of pyridine rings is 1. The number of ether oxygens (including phenoxy) is 1. The smallest absolute Gasteiger partial charge is 0.199 e. The molecule has 0 saturated carbocycles. The van der Waals surface area contributed by atoms with Gasteiger partial charge in [-0.1, -0.05) is 11.6 Å². The summed E-state index contributed by atoms with van der Waals surface area (Å²) in [6, 6.07) is 9.50. The number of aromatic nitrogens is 4. The van der Waals surface area contributed by atoms with Gasteiger partial charge in [-0.15, -0.1) is 0 Å². The van der Waals surface area contributed by atoms with E-state index >= 15 is 0 Å². The van der Waals surface area contributed by atoms with E-state index in [2.05, 4.69) is 16.8 Å². The molecule has 0 N–H and O–H groups in total. The number of halogens is 1. The fourth-order valence-electron chi connectivity index (χ4n) is 2.97. The zero-order chi connectivity index (χ0) is 19.4. The second kappa shape index (κ2) is 8.65. The second-order valence-electron chi connectivity index (χ2n) is 6.20. The molecule has 0 aliphatic heterocycles. The van der Waals surface area contributed by atoms with Gasteiger partial charge in [0.05, 0.1) is 13.8 Å². The lowest BCUT2D eigenvalue weighted by molar-refractivity contribution is 0.240. The Balaban J connectivity index is 1.85. The van der Waals surface area contributed by atoms with E-state index in [9.17, 15) is 0 Å². The fraction of sp³-hybridized carbons (Fsp3) is 0.316. The van der Waals surface area contributed by atoms with Gasteiger partial charge in [-0.2, -0.15) is 5.10 Å². The molecule has 27 heavy (non-hydrogen) atoms. The molecule has 3 rings (SSSR count). The van der Waals surface area contributed by atoms with E-state index in [1.807, 2.05) is 46.6 Å². The van der Waals surface area contributed by atoms with Gasteiger partial charge in [-0.3, -0.25) is 9.88 Å². The summed E-state index contributed by atoms with van der Waals surface area (Å²) in [5.74, 6) is 1.66. The number of benzene rings is 1. The summed E-state index contributed by atoms with van der Waals surface area (Å²) in [6.07, 6.45) is 3.52. The molecule has 0 aliphatic carbocycles. The summed E-state index contributed by atoms with van der Waals surface area (Å²) in [6.45, 7) is 4.03. The third-order valence-electron chi connectivity index (χ3n) is 4.24. The second-order valence-corrected chi connectivity index (χ2v) is 7.00. The van der Waals surface area contributed by atoms with Crippen LogP contribution in [0.2, 0.25) is 5.02 Å². The van der Waals surface area contributed by atoms with Crippen molar-refractivity contribution in [3.63, 3.8) is 0 Å². The molecule has 8 heteroatoms. The highest BCUT2D eigenvalue weighted by Gasteiger charge is 2.14. The molecule has 0 amide bonds. The Labute approximate surface area is 169 Å². The Morgan fingerprint density at radius 2 is 1.96 bits per heavy atom. The molecule has 6 nitrogen and oxygen atoms in total. The number of rotatable bonds is 7. The number of hydrogen-bond donors (Lipinski definition) is 0. The first-order valence-corrected chi connectivity index (χ1v) is 9.41. The monoisotopic (exact) mass is 403 g/mol. The minimum atomic E-state index is 0.555. The summed E-state index contributed by atoms with van der Waals surface area (Å²) in [5.41, 5.74) is 2.01. The van der Waals surface area contributed by atoms with E-state index in [0.29, 0.717) is 23.0 Å². The van der Waals surface area contributed by atoms with Crippen LogP contribution in [0.15, 0.2) is 42.7 Å². The summed E-state index contributed by atoms with van der Waals surface area (Å²) in [5, 5.41) is 5.43. The van der Waals surface area contributed by atoms with Crippen LogP contribution in [0.25, 0.3) is 11.4 Å². The summed E-state index contributed by atoms with van der Waals surface area (Å²) in [7, 11) is 3.67. The molecular formula is C19H22ClN5OS. The SMILES string of the molecule is CCn1c(-c2ccncc2)nn(CN(C)Cc2cc(Cl)ccc2OC)c1=S. The van der Waals surface area contributed by atoms with Crippen molar-refractivity contribution < 1.29 is 4.74 Å². The maximum absolute atomic E-state index is 6.14. The van der Waals surface area contributed by atoms with Crippen molar-refractivity contribution in [1.29, 1.82) is 0 Å². The summed E-state index contributed by atoms with van der Waals surface area (Å²) in [4.78, 5) is 6.19. The van der Waals surface area contributed by atoms with E-state index < -0.39 is 0 Å². The van der Waals surface area contributed by atoms with Crippen LogP contribution in [0, 0.1) is 4.77 Å². The Hall–Kier alpha value is -2.22. The molecule has 2 heterocycles. The van der Waals surface area contributed by atoms with Gasteiger partial charge in [0.25, 0.3) is 0 Å². The molecule has 1 aromatic carbocycles. The number of hydrogen-bond acceptors (Lipinski definition) is 5. The van der Waals surface area contributed by atoms with Crippen molar-refractivity contribution in [3.8, 4) is 17.1 Å². The third-order valence-corrected chi connectivity index (χ3v) is 4.90. The Bertz CT molecular complexity index is 970. The minimum absolute atomic E-state index is 0.555. The van der Waals surface area contributed by atoms with Gasteiger partial charge in [0, 0.05) is 41.6 Å². The third kappa shape index (κ3) is 4.37. The molecule has 2 aromatic heterocycles. The summed E-state index contributed by atoms with van der Waals surface area (Å²) < 4.78 is 9.99. The van der Waals surface area contributed by atoms with Crippen molar-refractivity contribution in [2.24, 2.45) is 0 Å². The normalized spacial score (nSPS) is 11.1. The lowest BCUT2D eigenvalue weighted by atomic mass is 10.2. The molecule has 142 valence electrons. The highest BCUT2D eigenvalue weighted by Crippen LogP contribution is 2.24. The van der Waals surface area contributed by atoms with E-state index in [4.69, 9.17) is 33.7 Å². The van der Waals surface area contributed by atoms with Gasteiger partial charge in [-0.05, 0) is 56.5 Å². The average molecular weight is 404 g/mol. The molecule has 0 fully saturated rings. The average Bonchev–Trinajstić information content (AvgIpc) is 2.98. The van der Waals surface area contributed by atoms with Crippen LogP contribution in [0.5, 0.6) is 5.75 Å². The lowest BCUT2D eigenvalue weighted by Gasteiger charge is -2.18. The van der Waals surface area contributed by atoms with Crippen LogP contribution in [-0.4, -0.2) is 38.4 Å². The Morgan fingerprint density at radius 3 is 2.63 bits per heavy atom. The van der Waals surface area contributed by atoms with E-state index in [1.54, 1.807) is 19.5 Å². The molecule has 0 bridgehead atoms. The van der Waals surface area contributed by atoms with E-state index in [-0.39, 0.29) is 0 Å². The molecule has 3 aromatic rings. The Kier molecular flexibility index (Phi) is 6.26. The first-order chi connectivity index (χ1) is 13.0. The lowest BCUT2D eigenvalue weighted by Crippen LogP contribution is -2.23. The first-order valence-electron chi connectivity index (χ1n) is 8.62. The van der Waals surface area contributed by atoms with Crippen LogP contribution in [0.1, 0.15) is 12.5 Å². The van der Waals surface area contributed by atoms with E-state index in [1.165, 1.54) is 0 Å². The highest BCUT2D eigenvalue weighted by atomic mass is 35.5. The minimum Gasteiger partial charge on any atom is -0.496 e. The molecule has 0 saturated heterocycles. The zero-order valence-electron chi connectivity index (χ0n) is 15.6. The van der Waals surface area contributed by atoms with Crippen molar-refractivity contribution >= 4 is 23.8 Å². The quantitative estimate of drug-likeness (QED) is 0.552. The van der Waals surface area contributed by atoms with Crippen LogP contribution >= 0.6 is 23.8 Å². The van der Waals surface area contributed by atoms with Crippen LogP contribution in [0.4, 0.5) is 0 Å². The van der Waals surface area contributed by atoms with Crippen LogP contribution < -0.4 is 4.74 Å². The van der Waals surface area contributed by atoms with E-state index in [0.717, 1.165) is 29.2 Å². The molecule has 0 radical (unpaired) electrons. The first kappa shape index (κ1) is 19.5. The van der Waals surface area contributed by atoms with Gasteiger partial charge in [-0.25, -0.2) is 4.68 Å². The van der Waals surface area contributed by atoms with Gasteiger partial charge in [0.2, 0.25) is 0 Å². The van der Waals surface area contributed by atoms with Crippen molar-refractivity contribution in [1.82, 2.24) is 24.2 Å². The molecule has 0 atom stereocenters. The van der Waals surface area contributed by atoms with Gasteiger partial charge in [0.1, 0.15) is 5.75 Å². The maximum atomic E-state index is 6.14. The van der Waals surface area contributed by atoms with Gasteiger partial charge < -0.3 is 9.30 Å². The molecule has 0 aliphatic rings. The number of methoxy groups -OCH3 is 1. The van der Waals surface area contributed by atoms with Crippen LogP contribution in [-0.2, 0) is 19.8 Å². The predicted octanol–water partition coefficient (Wildman–Crippen LogP) is 4.25. The van der Waals surface area contributed by atoms with Gasteiger partial charge >= 0.3 is 0 Å². The maximum Gasteiger partial charge on any atom is 0.199 e. The van der Waals surface area contributed by atoms with Crippen LogP contribution in [0.3, 0.4) is 0 Å². The zero-order valence-corrected chi connectivity index (χ0v) is 17.2. The molecular weight excluding hydrogens is 382 g/mol. The van der Waals surface area contributed by atoms with Gasteiger partial charge in [0.15, 0.2) is 10.6 Å². The predicted molar refractivity (Wildman–Crippen MR) is 109 cm³/mol. The van der Waals surface area contributed by atoms with Crippen molar-refractivity contribution in [2.45, 2.75) is 26.7 Å². The summed E-state index contributed by atoms with van der Waals surface area (Å²) >= 11 is 11.8. The standard InChI is InChI=1S/C19H22ClN5OS/c1-4-24-18(14-7-9-21-10-8-14)22-25(19(24)27)13-23(2)12-15-11-16(20)5-6-17(15)26-3/h5-11H,4,12-13H2,1-3H3. The fourth-order valence-corrected chi connectivity index (χ4v) is 3.48.